The Morgan fingerprint density at radius 2 is 2.15 bits per heavy atom. The number of nitriles is 1. The van der Waals surface area contributed by atoms with Crippen LogP contribution in [-0.4, -0.2) is 12.0 Å². The molecular weight excluding hydrogens is 198 g/mol. The average molecular weight is 209 g/mol. The number of rotatable bonds is 4. The molecule has 0 spiro atoms. The molecule has 0 aliphatic heterocycles. The van der Waals surface area contributed by atoms with Gasteiger partial charge in [-0.2, -0.15) is 5.26 Å². The maximum Gasteiger partial charge on any atom is 0.133 e. The highest BCUT2D eigenvalue weighted by Crippen LogP contribution is 2.21. The van der Waals surface area contributed by atoms with Gasteiger partial charge in [0, 0.05) is 10.6 Å². The molecule has 0 bridgehead atoms. The Morgan fingerprint density at radius 1 is 1.38 bits per heavy atom. The van der Waals surface area contributed by atoms with E-state index in [2.05, 4.69) is 23.8 Å². The highest BCUT2D eigenvalue weighted by Gasteiger charge is 1.99. The third-order valence-corrected chi connectivity index (χ3v) is 3.11. The summed E-state index contributed by atoms with van der Waals surface area (Å²) in [6.45, 7) is 0. The molecule has 1 rings (SSSR count). The summed E-state index contributed by atoms with van der Waals surface area (Å²) in [5.74, 6) is 0.883. The van der Waals surface area contributed by atoms with Gasteiger partial charge in [-0.25, -0.2) is 0 Å². The molecule has 1 nitrogen and oxygen atoms in total. The molecule has 0 atom stereocenters. The van der Waals surface area contributed by atoms with Crippen molar-refractivity contribution in [2.75, 3.05) is 12.0 Å². The highest BCUT2D eigenvalue weighted by atomic mass is 32.2. The van der Waals surface area contributed by atoms with Gasteiger partial charge in [-0.15, -0.1) is 11.8 Å². The first-order chi connectivity index (χ1) is 6.38. The molecule has 1 aromatic rings. The Labute approximate surface area is 87.5 Å². The molecule has 68 valence electrons. The molecule has 3 heteroatoms. The summed E-state index contributed by atoms with van der Waals surface area (Å²) in [6, 6.07) is 8.35. The van der Waals surface area contributed by atoms with E-state index in [-0.39, 0.29) is 0 Å². The Kier molecular flexibility index (Phi) is 4.81. The highest BCUT2D eigenvalue weighted by molar-refractivity contribution is 8.03. The standard InChI is InChI=1S/C10H11NS2/c1-12-10-5-3-2-4-9(10)6-7-13-8-11/h2-5H,6-7H2,1H3. The lowest BCUT2D eigenvalue weighted by molar-refractivity contribution is 1.10. The Hall–Kier alpha value is -0.590. The van der Waals surface area contributed by atoms with Gasteiger partial charge in [-0.05, 0) is 36.1 Å². The number of hydrogen-bond donors (Lipinski definition) is 0. The average Bonchev–Trinajstić information content (AvgIpc) is 2.19. The Bertz CT molecular complexity index is 304. The van der Waals surface area contributed by atoms with Crippen LogP contribution in [0.2, 0.25) is 0 Å². The number of thioether (sulfide) groups is 2. The van der Waals surface area contributed by atoms with Crippen molar-refractivity contribution >= 4 is 23.5 Å². The lowest BCUT2D eigenvalue weighted by Gasteiger charge is -2.04. The molecule has 13 heavy (non-hydrogen) atoms. The van der Waals surface area contributed by atoms with E-state index in [9.17, 15) is 0 Å². The summed E-state index contributed by atoms with van der Waals surface area (Å²) in [5, 5.41) is 10.5. The van der Waals surface area contributed by atoms with Crippen LogP contribution in [0.3, 0.4) is 0 Å². The van der Waals surface area contributed by atoms with Crippen molar-refractivity contribution < 1.29 is 0 Å². The second-order valence-electron chi connectivity index (χ2n) is 2.50. The lowest BCUT2D eigenvalue weighted by atomic mass is 10.2. The van der Waals surface area contributed by atoms with E-state index in [0.29, 0.717) is 0 Å². The van der Waals surface area contributed by atoms with Crippen molar-refractivity contribution in [3.05, 3.63) is 29.8 Å². The zero-order valence-electron chi connectivity index (χ0n) is 7.49. The van der Waals surface area contributed by atoms with Crippen LogP contribution in [0.25, 0.3) is 0 Å². The van der Waals surface area contributed by atoms with Crippen molar-refractivity contribution in [3.8, 4) is 5.40 Å². The van der Waals surface area contributed by atoms with Crippen LogP contribution in [-0.2, 0) is 6.42 Å². The first-order valence-electron chi connectivity index (χ1n) is 4.01. The molecule has 0 aromatic heterocycles. The van der Waals surface area contributed by atoms with E-state index in [1.165, 1.54) is 22.2 Å². The van der Waals surface area contributed by atoms with Gasteiger partial charge in [0.15, 0.2) is 0 Å². The molecule has 0 heterocycles. The van der Waals surface area contributed by atoms with Crippen LogP contribution in [0.15, 0.2) is 29.2 Å². The molecule has 1 aromatic carbocycles. The van der Waals surface area contributed by atoms with Crippen LogP contribution < -0.4 is 0 Å². The fraction of sp³-hybridized carbons (Fsp3) is 0.300. The summed E-state index contributed by atoms with van der Waals surface area (Å²) in [6.07, 6.45) is 3.06. The van der Waals surface area contributed by atoms with Crippen molar-refractivity contribution in [3.63, 3.8) is 0 Å². The lowest BCUT2D eigenvalue weighted by Crippen LogP contribution is -1.89. The van der Waals surface area contributed by atoms with Gasteiger partial charge >= 0.3 is 0 Å². The predicted octanol–water partition coefficient (Wildman–Crippen LogP) is 3.17. The van der Waals surface area contributed by atoms with Gasteiger partial charge in [0.05, 0.1) is 0 Å². The monoisotopic (exact) mass is 209 g/mol. The summed E-state index contributed by atoms with van der Waals surface area (Å²) in [7, 11) is 0. The van der Waals surface area contributed by atoms with Crippen molar-refractivity contribution in [2.45, 2.75) is 11.3 Å². The second kappa shape index (κ2) is 5.95. The van der Waals surface area contributed by atoms with E-state index in [4.69, 9.17) is 5.26 Å². The number of benzene rings is 1. The van der Waals surface area contributed by atoms with Gasteiger partial charge in [0.2, 0.25) is 0 Å². The minimum atomic E-state index is 0.883. The van der Waals surface area contributed by atoms with Gasteiger partial charge in [0.1, 0.15) is 5.40 Å². The van der Waals surface area contributed by atoms with E-state index in [1.807, 2.05) is 12.1 Å². The molecular formula is C10H11NS2. The first-order valence-corrected chi connectivity index (χ1v) is 6.22. The number of hydrogen-bond acceptors (Lipinski definition) is 3. The molecule has 0 radical (unpaired) electrons. The summed E-state index contributed by atoms with van der Waals surface area (Å²) < 4.78 is 0. The Morgan fingerprint density at radius 3 is 2.85 bits per heavy atom. The molecule has 0 amide bonds. The maximum absolute atomic E-state index is 8.38. The fourth-order valence-corrected chi connectivity index (χ4v) is 2.18. The van der Waals surface area contributed by atoms with Crippen molar-refractivity contribution in [1.82, 2.24) is 0 Å². The van der Waals surface area contributed by atoms with E-state index in [1.54, 1.807) is 11.8 Å². The van der Waals surface area contributed by atoms with E-state index < -0.39 is 0 Å². The third kappa shape index (κ3) is 3.33. The summed E-state index contributed by atoms with van der Waals surface area (Å²) in [5.41, 5.74) is 1.35. The second-order valence-corrected chi connectivity index (χ2v) is 4.23. The Balaban J connectivity index is 2.60. The summed E-state index contributed by atoms with van der Waals surface area (Å²) in [4.78, 5) is 1.32. The zero-order chi connectivity index (χ0) is 9.52. The molecule has 0 fully saturated rings. The molecule has 0 saturated heterocycles. The quantitative estimate of drug-likeness (QED) is 0.432. The van der Waals surface area contributed by atoms with E-state index in [0.717, 1.165) is 12.2 Å². The molecule has 0 N–H and O–H groups in total. The maximum atomic E-state index is 8.38. The zero-order valence-corrected chi connectivity index (χ0v) is 9.12. The normalized spacial score (nSPS) is 9.54. The first kappa shape index (κ1) is 10.5. The SMILES string of the molecule is CSc1ccccc1CCSC#N. The largest absolute Gasteiger partial charge is 0.185 e. The third-order valence-electron chi connectivity index (χ3n) is 1.73. The molecule has 0 aliphatic rings. The minimum absolute atomic E-state index is 0.883. The molecule has 0 aliphatic carbocycles. The molecule has 0 unspecified atom stereocenters. The number of nitrogens with zero attached hydrogens (tertiary/aromatic N) is 1. The summed E-state index contributed by atoms with van der Waals surface area (Å²) >= 11 is 3.08. The van der Waals surface area contributed by atoms with Crippen LogP contribution in [0.4, 0.5) is 0 Å². The van der Waals surface area contributed by atoms with E-state index >= 15 is 0 Å². The van der Waals surface area contributed by atoms with Crippen LogP contribution in [0, 0.1) is 10.7 Å². The van der Waals surface area contributed by atoms with Gasteiger partial charge < -0.3 is 0 Å². The molecule has 0 saturated carbocycles. The van der Waals surface area contributed by atoms with Crippen molar-refractivity contribution in [1.29, 1.82) is 5.26 Å². The van der Waals surface area contributed by atoms with Gasteiger partial charge in [-0.3, -0.25) is 0 Å². The smallest absolute Gasteiger partial charge is 0.133 e. The van der Waals surface area contributed by atoms with Crippen LogP contribution in [0.1, 0.15) is 5.56 Å². The fourth-order valence-electron chi connectivity index (χ4n) is 1.12. The number of aryl methyl sites for hydroxylation is 1. The van der Waals surface area contributed by atoms with Crippen LogP contribution >= 0.6 is 23.5 Å². The predicted molar refractivity (Wildman–Crippen MR) is 60.0 cm³/mol. The van der Waals surface area contributed by atoms with Crippen molar-refractivity contribution in [2.24, 2.45) is 0 Å². The van der Waals surface area contributed by atoms with Gasteiger partial charge in [0.25, 0.3) is 0 Å². The van der Waals surface area contributed by atoms with Gasteiger partial charge in [-0.1, -0.05) is 18.2 Å². The topological polar surface area (TPSA) is 23.8 Å². The van der Waals surface area contributed by atoms with Crippen LogP contribution in [0.5, 0.6) is 0 Å². The minimum Gasteiger partial charge on any atom is -0.185 e. The number of thiocyanates is 1.